The van der Waals surface area contributed by atoms with Crippen molar-refractivity contribution < 1.29 is 0 Å². The zero-order valence-corrected chi connectivity index (χ0v) is 11.2. The minimum absolute atomic E-state index is 0.540. The van der Waals surface area contributed by atoms with Crippen molar-refractivity contribution in [2.45, 2.75) is 24.6 Å². The number of aryl methyl sites for hydroxylation is 2. The lowest BCUT2D eigenvalue weighted by atomic mass is 10.2. The van der Waals surface area contributed by atoms with Gasteiger partial charge in [-0.25, -0.2) is 9.97 Å². The molecule has 0 aliphatic rings. The maximum atomic E-state index is 9.01. The molecule has 1 heterocycles. The van der Waals surface area contributed by atoms with E-state index in [2.05, 4.69) is 41.2 Å². The Kier molecular flexibility index (Phi) is 3.96. The van der Waals surface area contributed by atoms with E-state index in [0.717, 1.165) is 10.8 Å². The summed E-state index contributed by atoms with van der Waals surface area (Å²) < 4.78 is 0. The molecule has 1 aromatic carbocycles. The average Bonchev–Trinajstić information content (AvgIpc) is 2.37. The van der Waals surface area contributed by atoms with Gasteiger partial charge < -0.3 is 0 Å². The van der Waals surface area contributed by atoms with Crippen LogP contribution >= 0.6 is 11.8 Å². The van der Waals surface area contributed by atoms with Gasteiger partial charge in [-0.05, 0) is 19.4 Å². The van der Waals surface area contributed by atoms with Crippen molar-refractivity contribution in [3.05, 3.63) is 53.0 Å². The maximum absolute atomic E-state index is 9.01. The molecule has 0 saturated heterocycles. The lowest BCUT2D eigenvalue weighted by Gasteiger charge is -2.04. The molecule has 18 heavy (non-hydrogen) atoms. The van der Waals surface area contributed by atoms with Crippen molar-refractivity contribution in [2.75, 3.05) is 0 Å². The molecule has 90 valence electrons. The topological polar surface area (TPSA) is 49.6 Å². The number of hydrogen-bond donors (Lipinski definition) is 0. The molecule has 0 N–H and O–H groups in total. The molecular formula is C14H13N3S. The molecule has 0 amide bonds. The third-order valence-corrected chi connectivity index (χ3v) is 3.52. The van der Waals surface area contributed by atoms with Gasteiger partial charge in [0.2, 0.25) is 0 Å². The quantitative estimate of drug-likeness (QED) is 0.624. The second-order valence-corrected chi connectivity index (χ2v) is 4.99. The lowest BCUT2D eigenvalue weighted by molar-refractivity contribution is 0.955. The standard InChI is InChI=1S/C14H13N3S/c1-10-4-3-5-12(6-10)9-18-14-13(7-15)8-16-11(2)17-14/h3-6,8H,9H2,1-2H3. The highest BCUT2D eigenvalue weighted by Gasteiger charge is 2.06. The summed E-state index contributed by atoms with van der Waals surface area (Å²) in [7, 11) is 0. The van der Waals surface area contributed by atoms with E-state index in [0.29, 0.717) is 11.4 Å². The molecule has 0 saturated carbocycles. The Hall–Kier alpha value is -1.86. The Bertz CT molecular complexity index is 602. The van der Waals surface area contributed by atoms with Crippen LogP contribution < -0.4 is 0 Å². The highest BCUT2D eigenvalue weighted by molar-refractivity contribution is 7.98. The number of aromatic nitrogens is 2. The van der Waals surface area contributed by atoms with Gasteiger partial charge in [0.05, 0.1) is 0 Å². The van der Waals surface area contributed by atoms with Crippen molar-refractivity contribution in [3.8, 4) is 6.07 Å². The molecule has 3 nitrogen and oxygen atoms in total. The molecule has 4 heteroatoms. The van der Waals surface area contributed by atoms with Crippen LogP contribution in [0.25, 0.3) is 0 Å². The number of nitriles is 1. The zero-order valence-electron chi connectivity index (χ0n) is 10.3. The highest BCUT2D eigenvalue weighted by Crippen LogP contribution is 2.24. The Morgan fingerprint density at radius 2 is 2.17 bits per heavy atom. The van der Waals surface area contributed by atoms with Crippen molar-refractivity contribution in [1.29, 1.82) is 5.26 Å². The third kappa shape index (κ3) is 3.08. The molecule has 0 unspecified atom stereocenters. The normalized spacial score (nSPS) is 10.1. The van der Waals surface area contributed by atoms with Gasteiger partial charge in [-0.15, -0.1) is 11.8 Å². The maximum Gasteiger partial charge on any atom is 0.126 e. The Morgan fingerprint density at radius 1 is 1.33 bits per heavy atom. The van der Waals surface area contributed by atoms with E-state index in [-0.39, 0.29) is 0 Å². The first-order chi connectivity index (χ1) is 8.69. The molecule has 1 aromatic heterocycles. The third-order valence-electron chi connectivity index (χ3n) is 2.45. The first-order valence-corrected chi connectivity index (χ1v) is 6.59. The predicted octanol–water partition coefficient (Wildman–Crippen LogP) is 3.26. The van der Waals surface area contributed by atoms with E-state index in [1.165, 1.54) is 11.1 Å². The van der Waals surface area contributed by atoms with Crippen molar-refractivity contribution >= 4 is 11.8 Å². The van der Waals surface area contributed by atoms with Crippen LogP contribution in [0, 0.1) is 25.2 Å². The van der Waals surface area contributed by atoms with Crippen molar-refractivity contribution in [3.63, 3.8) is 0 Å². The fourth-order valence-electron chi connectivity index (χ4n) is 1.59. The van der Waals surface area contributed by atoms with Gasteiger partial charge in [0, 0.05) is 11.9 Å². The second kappa shape index (κ2) is 5.65. The summed E-state index contributed by atoms with van der Waals surface area (Å²) in [4.78, 5) is 8.34. The fraction of sp³-hybridized carbons (Fsp3) is 0.214. The van der Waals surface area contributed by atoms with Gasteiger partial charge in [0.15, 0.2) is 0 Å². The second-order valence-electron chi connectivity index (χ2n) is 4.03. The van der Waals surface area contributed by atoms with Crippen LogP contribution in [0.2, 0.25) is 0 Å². The molecule has 0 bridgehead atoms. The number of hydrogen-bond acceptors (Lipinski definition) is 4. The van der Waals surface area contributed by atoms with Gasteiger partial charge in [0.1, 0.15) is 22.5 Å². The van der Waals surface area contributed by atoms with Gasteiger partial charge in [-0.1, -0.05) is 29.8 Å². The SMILES string of the molecule is Cc1cccc(CSc2nc(C)ncc2C#N)c1. The summed E-state index contributed by atoms with van der Waals surface area (Å²) in [6.45, 7) is 3.90. The Balaban J connectivity index is 2.15. The summed E-state index contributed by atoms with van der Waals surface area (Å²) in [6, 6.07) is 10.5. The zero-order chi connectivity index (χ0) is 13.0. The smallest absolute Gasteiger partial charge is 0.126 e. The van der Waals surface area contributed by atoms with Crippen LogP contribution in [0.1, 0.15) is 22.5 Å². The monoisotopic (exact) mass is 255 g/mol. The number of nitrogens with zero attached hydrogens (tertiary/aromatic N) is 3. The van der Waals surface area contributed by atoms with Crippen LogP contribution in [0.4, 0.5) is 0 Å². The number of rotatable bonds is 3. The number of thioether (sulfide) groups is 1. The molecule has 0 radical (unpaired) electrons. The first kappa shape index (κ1) is 12.6. The van der Waals surface area contributed by atoms with Crippen LogP contribution in [0.5, 0.6) is 0 Å². The molecule has 0 aliphatic heterocycles. The predicted molar refractivity (Wildman–Crippen MR) is 72.2 cm³/mol. The minimum atomic E-state index is 0.540. The summed E-state index contributed by atoms with van der Waals surface area (Å²) in [5.41, 5.74) is 3.02. The summed E-state index contributed by atoms with van der Waals surface area (Å²) in [5.74, 6) is 1.51. The largest absolute Gasteiger partial charge is 0.240 e. The molecule has 0 fully saturated rings. The van der Waals surface area contributed by atoms with Crippen molar-refractivity contribution in [2.24, 2.45) is 0 Å². The van der Waals surface area contributed by atoms with Gasteiger partial charge >= 0.3 is 0 Å². The van der Waals surface area contributed by atoms with Gasteiger partial charge in [-0.3, -0.25) is 0 Å². The molecule has 2 rings (SSSR count). The van der Waals surface area contributed by atoms with Crippen molar-refractivity contribution in [1.82, 2.24) is 9.97 Å². The first-order valence-electron chi connectivity index (χ1n) is 5.61. The van der Waals surface area contributed by atoms with Crippen LogP contribution in [-0.4, -0.2) is 9.97 Å². The Morgan fingerprint density at radius 3 is 2.89 bits per heavy atom. The van der Waals surface area contributed by atoms with E-state index in [1.807, 2.05) is 13.0 Å². The van der Waals surface area contributed by atoms with Gasteiger partial charge in [0.25, 0.3) is 0 Å². The van der Waals surface area contributed by atoms with Crippen LogP contribution in [-0.2, 0) is 5.75 Å². The van der Waals surface area contributed by atoms with Crippen LogP contribution in [0.15, 0.2) is 35.5 Å². The van der Waals surface area contributed by atoms with E-state index in [4.69, 9.17) is 5.26 Å². The lowest BCUT2D eigenvalue weighted by Crippen LogP contribution is -1.94. The van der Waals surface area contributed by atoms with Crippen LogP contribution in [0.3, 0.4) is 0 Å². The minimum Gasteiger partial charge on any atom is -0.240 e. The fourth-order valence-corrected chi connectivity index (χ4v) is 2.52. The molecular weight excluding hydrogens is 242 g/mol. The summed E-state index contributed by atoms with van der Waals surface area (Å²) >= 11 is 1.57. The van der Waals surface area contributed by atoms with E-state index in [9.17, 15) is 0 Å². The van der Waals surface area contributed by atoms with E-state index in [1.54, 1.807) is 18.0 Å². The average molecular weight is 255 g/mol. The number of benzene rings is 1. The van der Waals surface area contributed by atoms with E-state index >= 15 is 0 Å². The highest BCUT2D eigenvalue weighted by atomic mass is 32.2. The molecule has 0 spiro atoms. The molecule has 0 aliphatic carbocycles. The van der Waals surface area contributed by atoms with E-state index < -0.39 is 0 Å². The summed E-state index contributed by atoms with van der Waals surface area (Å²) in [5, 5.41) is 9.76. The summed E-state index contributed by atoms with van der Waals surface area (Å²) in [6.07, 6.45) is 1.58. The molecule has 0 atom stereocenters. The molecule has 2 aromatic rings. The Labute approximate surface area is 111 Å². The van der Waals surface area contributed by atoms with Gasteiger partial charge in [-0.2, -0.15) is 5.26 Å².